The summed E-state index contributed by atoms with van der Waals surface area (Å²) in [6.45, 7) is 8.93. The van der Waals surface area contributed by atoms with Crippen LogP contribution in [-0.2, 0) is 0 Å². The summed E-state index contributed by atoms with van der Waals surface area (Å²) in [5.41, 5.74) is 1.10. The van der Waals surface area contributed by atoms with Crippen LogP contribution in [0.2, 0.25) is 0 Å². The maximum absolute atomic E-state index is 12.2. The Bertz CT molecular complexity index is 652. The van der Waals surface area contributed by atoms with Crippen LogP contribution >= 0.6 is 0 Å². The van der Waals surface area contributed by atoms with E-state index in [1.807, 2.05) is 26.0 Å². The Morgan fingerprint density at radius 3 is 2.25 bits per heavy atom. The molecule has 0 atom stereocenters. The second-order valence-electron chi connectivity index (χ2n) is 6.22. The molecule has 128 valence electrons. The quantitative estimate of drug-likeness (QED) is 0.812. The average Bonchev–Trinajstić information content (AvgIpc) is 2.54. The van der Waals surface area contributed by atoms with Crippen molar-refractivity contribution in [2.24, 2.45) is 5.92 Å². The van der Waals surface area contributed by atoms with Gasteiger partial charge in [0.1, 0.15) is 5.75 Å². The van der Waals surface area contributed by atoms with Gasteiger partial charge in [0.15, 0.2) is 0 Å². The fourth-order valence-electron chi connectivity index (χ4n) is 1.92. The number of nitrogens with one attached hydrogen (secondary N) is 2. The van der Waals surface area contributed by atoms with E-state index in [2.05, 4.69) is 34.4 Å². The molecule has 6 nitrogen and oxygen atoms in total. The summed E-state index contributed by atoms with van der Waals surface area (Å²) in [7, 11) is 0. The SMILES string of the molecule is CC(C)CNc1ncc(C(=O)Nc2ccc(OC(C)C)cc2)cn1. The van der Waals surface area contributed by atoms with Crippen LogP contribution in [0.25, 0.3) is 0 Å². The van der Waals surface area contributed by atoms with Gasteiger partial charge in [0, 0.05) is 24.6 Å². The summed E-state index contributed by atoms with van der Waals surface area (Å²) in [4.78, 5) is 20.5. The van der Waals surface area contributed by atoms with Crippen LogP contribution in [0.3, 0.4) is 0 Å². The van der Waals surface area contributed by atoms with E-state index < -0.39 is 0 Å². The van der Waals surface area contributed by atoms with Gasteiger partial charge in [0.05, 0.1) is 11.7 Å². The zero-order chi connectivity index (χ0) is 17.5. The minimum absolute atomic E-state index is 0.116. The molecular weight excluding hydrogens is 304 g/mol. The third-order valence-corrected chi connectivity index (χ3v) is 3.07. The summed E-state index contributed by atoms with van der Waals surface area (Å²) in [6.07, 6.45) is 3.15. The largest absolute Gasteiger partial charge is 0.491 e. The number of amides is 1. The number of carbonyl (C=O) groups excluding carboxylic acids is 1. The van der Waals surface area contributed by atoms with Crippen LogP contribution in [0.1, 0.15) is 38.1 Å². The van der Waals surface area contributed by atoms with E-state index in [-0.39, 0.29) is 12.0 Å². The van der Waals surface area contributed by atoms with Gasteiger partial charge in [-0.1, -0.05) is 13.8 Å². The summed E-state index contributed by atoms with van der Waals surface area (Å²) < 4.78 is 5.57. The van der Waals surface area contributed by atoms with Crippen molar-refractivity contribution in [3.63, 3.8) is 0 Å². The van der Waals surface area contributed by atoms with Crippen molar-refractivity contribution < 1.29 is 9.53 Å². The number of hydrogen-bond donors (Lipinski definition) is 2. The fraction of sp³-hybridized carbons (Fsp3) is 0.389. The zero-order valence-corrected chi connectivity index (χ0v) is 14.5. The Morgan fingerprint density at radius 1 is 1.08 bits per heavy atom. The first kappa shape index (κ1) is 17.7. The summed E-state index contributed by atoms with van der Waals surface area (Å²) in [5, 5.41) is 5.93. The van der Waals surface area contributed by atoms with Crippen molar-refractivity contribution in [1.29, 1.82) is 0 Å². The summed E-state index contributed by atoms with van der Waals surface area (Å²) >= 11 is 0. The Labute approximate surface area is 142 Å². The van der Waals surface area contributed by atoms with E-state index in [1.54, 1.807) is 12.1 Å². The predicted molar refractivity (Wildman–Crippen MR) is 95.5 cm³/mol. The molecule has 1 amide bonds. The number of benzene rings is 1. The Balaban J connectivity index is 1.94. The van der Waals surface area contributed by atoms with Crippen molar-refractivity contribution in [3.8, 4) is 5.75 Å². The molecule has 0 aliphatic heterocycles. The molecule has 0 aliphatic carbocycles. The van der Waals surface area contributed by atoms with Crippen molar-refractivity contribution in [2.45, 2.75) is 33.8 Å². The van der Waals surface area contributed by atoms with E-state index in [1.165, 1.54) is 12.4 Å². The molecule has 0 bridgehead atoms. The lowest BCUT2D eigenvalue weighted by Crippen LogP contribution is -2.14. The molecule has 0 unspecified atom stereocenters. The highest BCUT2D eigenvalue weighted by atomic mass is 16.5. The van der Waals surface area contributed by atoms with E-state index >= 15 is 0 Å². The van der Waals surface area contributed by atoms with Crippen molar-refractivity contribution in [2.75, 3.05) is 17.2 Å². The highest BCUT2D eigenvalue weighted by Crippen LogP contribution is 2.17. The van der Waals surface area contributed by atoms with Gasteiger partial charge in [-0.15, -0.1) is 0 Å². The van der Waals surface area contributed by atoms with Crippen molar-refractivity contribution in [3.05, 3.63) is 42.2 Å². The van der Waals surface area contributed by atoms with Crippen LogP contribution in [0.5, 0.6) is 5.75 Å². The van der Waals surface area contributed by atoms with E-state index in [9.17, 15) is 4.79 Å². The average molecular weight is 328 g/mol. The molecule has 0 saturated heterocycles. The predicted octanol–water partition coefficient (Wildman–Crippen LogP) is 3.58. The smallest absolute Gasteiger partial charge is 0.258 e. The van der Waals surface area contributed by atoms with Gasteiger partial charge in [0.2, 0.25) is 5.95 Å². The zero-order valence-electron chi connectivity index (χ0n) is 14.5. The minimum atomic E-state index is -0.247. The molecule has 1 aromatic heterocycles. The number of rotatable bonds is 7. The van der Waals surface area contributed by atoms with Crippen LogP contribution in [0.4, 0.5) is 11.6 Å². The molecule has 0 aliphatic rings. The van der Waals surface area contributed by atoms with Crippen LogP contribution in [0.15, 0.2) is 36.7 Å². The Kier molecular flexibility index (Phi) is 6.12. The first-order chi connectivity index (χ1) is 11.4. The standard InChI is InChI=1S/C18H24N4O2/c1-12(2)9-19-18-20-10-14(11-21-18)17(23)22-15-5-7-16(8-6-15)24-13(3)4/h5-8,10-13H,9H2,1-4H3,(H,22,23)(H,19,20,21). The second-order valence-corrected chi connectivity index (χ2v) is 6.22. The molecule has 1 aromatic carbocycles. The molecule has 2 rings (SSSR count). The minimum Gasteiger partial charge on any atom is -0.491 e. The molecule has 2 N–H and O–H groups in total. The third kappa shape index (κ3) is 5.53. The van der Waals surface area contributed by atoms with Crippen molar-refractivity contribution in [1.82, 2.24) is 9.97 Å². The number of anilines is 2. The lowest BCUT2D eigenvalue weighted by atomic mass is 10.2. The lowest BCUT2D eigenvalue weighted by Gasteiger charge is -2.11. The van der Waals surface area contributed by atoms with Gasteiger partial charge in [0.25, 0.3) is 5.91 Å². The van der Waals surface area contributed by atoms with Crippen LogP contribution < -0.4 is 15.4 Å². The number of ether oxygens (including phenoxy) is 1. The monoisotopic (exact) mass is 328 g/mol. The Morgan fingerprint density at radius 2 is 1.71 bits per heavy atom. The number of hydrogen-bond acceptors (Lipinski definition) is 5. The molecule has 0 fully saturated rings. The highest BCUT2D eigenvalue weighted by Gasteiger charge is 2.08. The molecule has 6 heteroatoms. The third-order valence-electron chi connectivity index (χ3n) is 3.07. The van der Waals surface area contributed by atoms with E-state index in [0.29, 0.717) is 23.1 Å². The maximum Gasteiger partial charge on any atom is 0.258 e. The maximum atomic E-state index is 12.2. The molecule has 24 heavy (non-hydrogen) atoms. The van der Waals surface area contributed by atoms with Gasteiger partial charge in [-0.05, 0) is 44.0 Å². The first-order valence-electron chi connectivity index (χ1n) is 8.08. The first-order valence-corrected chi connectivity index (χ1v) is 8.08. The van der Waals surface area contributed by atoms with Gasteiger partial charge in [-0.25, -0.2) is 9.97 Å². The van der Waals surface area contributed by atoms with Crippen molar-refractivity contribution >= 4 is 17.5 Å². The second kappa shape index (κ2) is 8.29. The van der Waals surface area contributed by atoms with Crippen LogP contribution in [0, 0.1) is 5.92 Å². The van der Waals surface area contributed by atoms with Gasteiger partial charge in [-0.2, -0.15) is 0 Å². The topological polar surface area (TPSA) is 76.1 Å². The normalized spacial score (nSPS) is 10.8. The molecule has 0 spiro atoms. The molecular formula is C18H24N4O2. The summed E-state index contributed by atoms with van der Waals surface area (Å²) in [6, 6.07) is 7.25. The summed E-state index contributed by atoms with van der Waals surface area (Å²) in [5.74, 6) is 1.55. The van der Waals surface area contributed by atoms with E-state index in [0.717, 1.165) is 12.3 Å². The Hall–Kier alpha value is -2.63. The molecule has 1 heterocycles. The molecule has 0 saturated carbocycles. The number of aromatic nitrogens is 2. The molecule has 2 aromatic rings. The van der Waals surface area contributed by atoms with E-state index in [4.69, 9.17) is 4.74 Å². The number of nitrogens with zero attached hydrogens (tertiary/aromatic N) is 2. The van der Waals surface area contributed by atoms with Gasteiger partial charge < -0.3 is 15.4 Å². The van der Waals surface area contributed by atoms with Crippen LogP contribution in [-0.4, -0.2) is 28.5 Å². The van der Waals surface area contributed by atoms with Gasteiger partial charge in [-0.3, -0.25) is 4.79 Å². The molecule has 0 radical (unpaired) electrons. The highest BCUT2D eigenvalue weighted by molar-refractivity contribution is 6.03. The number of carbonyl (C=O) groups is 1. The fourth-order valence-corrected chi connectivity index (χ4v) is 1.92. The van der Waals surface area contributed by atoms with Gasteiger partial charge >= 0.3 is 0 Å². The lowest BCUT2D eigenvalue weighted by molar-refractivity contribution is 0.102.